The van der Waals surface area contributed by atoms with E-state index in [2.05, 4.69) is 10.4 Å². The number of nitrogens with zero attached hydrogens (tertiary/aromatic N) is 3. The fourth-order valence-corrected chi connectivity index (χ4v) is 1.64. The second-order valence-corrected chi connectivity index (χ2v) is 3.99. The summed E-state index contributed by atoms with van der Waals surface area (Å²) >= 11 is 0. The van der Waals surface area contributed by atoms with Gasteiger partial charge in [-0.1, -0.05) is 13.3 Å². The highest BCUT2D eigenvalue weighted by molar-refractivity contribution is 5.59. The van der Waals surface area contributed by atoms with Crippen molar-refractivity contribution < 1.29 is 15.1 Å². The van der Waals surface area contributed by atoms with Gasteiger partial charge in [0.2, 0.25) is 5.82 Å². The Balaban J connectivity index is 2.98. The molecular weight excluding hydrogens is 240 g/mol. The van der Waals surface area contributed by atoms with Crippen LogP contribution in [0.5, 0.6) is 0 Å². The van der Waals surface area contributed by atoms with Crippen molar-refractivity contribution >= 4 is 11.5 Å². The van der Waals surface area contributed by atoms with E-state index in [9.17, 15) is 15.2 Å². The first-order chi connectivity index (χ1) is 8.51. The lowest BCUT2D eigenvalue weighted by Gasteiger charge is -2.09. The molecule has 3 N–H and O–H groups in total. The number of anilines is 1. The van der Waals surface area contributed by atoms with Crippen molar-refractivity contribution in [1.82, 2.24) is 9.78 Å². The van der Waals surface area contributed by atoms with E-state index in [4.69, 9.17) is 5.11 Å². The highest BCUT2D eigenvalue weighted by atomic mass is 16.6. The lowest BCUT2D eigenvalue weighted by atomic mass is 10.2. The van der Waals surface area contributed by atoms with Crippen LogP contribution in [-0.4, -0.2) is 44.2 Å². The Morgan fingerprint density at radius 1 is 1.61 bits per heavy atom. The Morgan fingerprint density at radius 3 is 2.78 bits per heavy atom. The number of hydrogen-bond donors (Lipinski definition) is 3. The number of rotatable bonds is 7. The highest BCUT2D eigenvalue weighted by Crippen LogP contribution is 2.28. The average molecular weight is 258 g/mol. The summed E-state index contributed by atoms with van der Waals surface area (Å²) in [6, 6.07) is 0. The Bertz CT molecular complexity index is 418. The molecule has 1 rings (SSSR count). The Kier molecular flexibility index (Phi) is 5.05. The van der Waals surface area contributed by atoms with E-state index in [-0.39, 0.29) is 18.1 Å². The molecule has 0 radical (unpaired) electrons. The maximum atomic E-state index is 11.0. The summed E-state index contributed by atoms with van der Waals surface area (Å²) in [6.07, 6.45) is 0.319. The number of aliphatic hydroxyl groups is 2. The molecule has 0 aliphatic heterocycles. The monoisotopic (exact) mass is 258 g/mol. The molecule has 102 valence electrons. The third-order valence-corrected chi connectivity index (χ3v) is 2.48. The van der Waals surface area contributed by atoms with Crippen LogP contribution in [0.2, 0.25) is 0 Å². The number of nitro groups is 1. The molecular formula is C10H18N4O4. The van der Waals surface area contributed by atoms with Crippen LogP contribution in [0.1, 0.15) is 19.0 Å². The zero-order chi connectivity index (χ0) is 13.7. The summed E-state index contributed by atoms with van der Waals surface area (Å²) < 4.78 is 1.38. The summed E-state index contributed by atoms with van der Waals surface area (Å²) in [5.74, 6) is 0.246. The second kappa shape index (κ2) is 6.31. The van der Waals surface area contributed by atoms with Crippen LogP contribution >= 0.6 is 0 Å². The molecule has 1 atom stereocenters. The summed E-state index contributed by atoms with van der Waals surface area (Å²) in [7, 11) is 1.60. The fourth-order valence-electron chi connectivity index (χ4n) is 1.64. The lowest BCUT2D eigenvalue weighted by Crippen LogP contribution is -2.24. The van der Waals surface area contributed by atoms with Gasteiger partial charge in [-0.15, -0.1) is 0 Å². The molecule has 0 aliphatic carbocycles. The topological polar surface area (TPSA) is 113 Å². The minimum Gasteiger partial charge on any atom is -0.394 e. The van der Waals surface area contributed by atoms with Gasteiger partial charge in [0.15, 0.2) is 0 Å². The quantitative estimate of drug-likeness (QED) is 0.470. The van der Waals surface area contributed by atoms with Crippen LogP contribution in [-0.2, 0) is 13.5 Å². The normalized spacial score (nSPS) is 12.4. The maximum Gasteiger partial charge on any atom is 0.333 e. The number of aliphatic hydroxyl groups excluding tert-OH is 2. The van der Waals surface area contributed by atoms with Crippen LogP contribution in [0, 0.1) is 10.1 Å². The minimum absolute atomic E-state index is 0.0302. The van der Waals surface area contributed by atoms with Crippen molar-refractivity contribution in [2.24, 2.45) is 7.05 Å². The lowest BCUT2D eigenvalue weighted by molar-refractivity contribution is -0.384. The van der Waals surface area contributed by atoms with Crippen molar-refractivity contribution in [1.29, 1.82) is 0 Å². The van der Waals surface area contributed by atoms with E-state index in [1.807, 2.05) is 6.92 Å². The molecule has 0 amide bonds. The summed E-state index contributed by atoms with van der Waals surface area (Å²) in [6.45, 7) is 1.55. The molecule has 18 heavy (non-hydrogen) atoms. The van der Waals surface area contributed by atoms with Gasteiger partial charge in [0.1, 0.15) is 5.69 Å². The summed E-state index contributed by atoms with van der Waals surface area (Å²) in [4.78, 5) is 10.6. The van der Waals surface area contributed by atoms with Gasteiger partial charge in [0, 0.05) is 13.6 Å². The van der Waals surface area contributed by atoms with Crippen molar-refractivity contribution in [2.45, 2.75) is 25.9 Å². The van der Waals surface area contributed by atoms with Gasteiger partial charge in [0.05, 0.1) is 17.6 Å². The van der Waals surface area contributed by atoms with Gasteiger partial charge in [-0.3, -0.25) is 10.1 Å². The first-order valence-electron chi connectivity index (χ1n) is 5.74. The van der Waals surface area contributed by atoms with Crippen LogP contribution in [0.4, 0.5) is 11.5 Å². The first-order valence-corrected chi connectivity index (χ1v) is 5.74. The zero-order valence-corrected chi connectivity index (χ0v) is 10.5. The summed E-state index contributed by atoms with van der Waals surface area (Å²) in [5.41, 5.74) is 0.357. The van der Waals surface area contributed by atoms with Gasteiger partial charge >= 0.3 is 5.69 Å². The van der Waals surface area contributed by atoms with Crippen molar-refractivity contribution in [3.05, 3.63) is 15.8 Å². The van der Waals surface area contributed by atoms with Gasteiger partial charge in [-0.05, 0) is 6.42 Å². The molecule has 0 saturated heterocycles. The highest BCUT2D eigenvalue weighted by Gasteiger charge is 2.26. The molecule has 1 heterocycles. The van der Waals surface area contributed by atoms with Gasteiger partial charge in [-0.25, -0.2) is 4.68 Å². The average Bonchev–Trinajstić information content (AvgIpc) is 2.63. The van der Waals surface area contributed by atoms with E-state index in [0.717, 1.165) is 6.42 Å². The van der Waals surface area contributed by atoms with Crippen molar-refractivity contribution in [2.75, 3.05) is 18.5 Å². The van der Waals surface area contributed by atoms with E-state index >= 15 is 0 Å². The van der Waals surface area contributed by atoms with E-state index in [0.29, 0.717) is 12.1 Å². The molecule has 0 bridgehead atoms. The second-order valence-electron chi connectivity index (χ2n) is 3.99. The Morgan fingerprint density at radius 2 is 2.28 bits per heavy atom. The zero-order valence-electron chi connectivity index (χ0n) is 10.5. The van der Waals surface area contributed by atoms with Crippen LogP contribution in [0.3, 0.4) is 0 Å². The van der Waals surface area contributed by atoms with E-state index in [1.54, 1.807) is 7.05 Å². The smallest absolute Gasteiger partial charge is 0.333 e. The minimum atomic E-state index is -0.964. The molecule has 0 fully saturated rings. The molecule has 8 heteroatoms. The Hall–Kier alpha value is -1.67. The molecule has 0 aliphatic rings. The van der Waals surface area contributed by atoms with E-state index in [1.165, 1.54) is 4.68 Å². The number of aryl methyl sites for hydroxylation is 2. The maximum absolute atomic E-state index is 11.0. The molecule has 8 nitrogen and oxygen atoms in total. The van der Waals surface area contributed by atoms with Crippen LogP contribution in [0.25, 0.3) is 0 Å². The van der Waals surface area contributed by atoms with Crippen molar-refractivity contribution in [3.63, 3.8) is 0 Å². The van der Waals surface area contributed by atoms with Crippen LogP contribution in [0.15, 0.2) is 0 Å². The predicted molar refractivity (Wildman–Crippen MR) is 65.4 cm³/mol. The molecule has 0 aromatic carbocycles. The third-order valence-electron chi connectivity index (χ3n) is 2.48. The third kappa shape index (κ3) is 3.17. The van der Waals surface area contributed by atoms with Gasteiger partial charge < -0.3 is 15.5 Å². The Labute approximate surface area is 104 Å². The molecule has 0 saturated carbocycles. The molecule has 1 aromatic rings. The number of hydrogen-bond acceptors (Lipinski definition) is 6. The standard InChI is InChI=1S/C10H18N4O4/c1-3-4-8-9(14(17)18)10(13(2)12-8)11-5-7(16)6-15/h7,11,15-16H,3-6H2,1-2H3. The fraction of sp³-hybridized carbons (Fsp3) is 0.700. The summed E-state index contributed by atoms with van der Waals surface area (Å²) in [5, 5.41) is 35.8. The largest absolute Gasteiger partial charge is 0.394 e. The first kappa shape index (κ1) is 14.4. The molecule has 0 spiro atoms. The van der Waals surface area contributed by atoms with Crippen molar-refractivity contribution in [3.8, 4) is 0 Å². The van der Waals surface area contributed by atoms with E-state index < -0.39 is 17.6 Å². The van der Waals surface area contributed by atoms with Gasteiger partial charge in [-0.2, -0.15) is 5.10 Å². The predicted octanol–water partition coefficient (Wildman–Crippen LogP) is 0.0459. The SMILES string of the molecule is CCCc1nn(C)c(NCC(O)CO)c1[N+](=O)[O-]. The number of nitrogens with one attached hydrogen (secondary N) is 1. The number of aromatic nitrogens is 2. The molecule has 1 unspecified atom stereocenters. The van der Waals surface area contributed by atoms with Crippen LogP contribution < -0.4 is 5.32 Å². The van der Waals surface area contributed by atoms with Gasteiger partial charge in [0.25, 0.3) is 0 Å². The molecule has 1 aromatic heterocycles.